The van der Waals surface area contributed by atoms with Crippen molar-refractivity contribution in [2.75, 3.05) is 10.7 Å². The molecule has 168 valence electrons. The summed E-state index contributed by atoms with van der Waals surface area (Å²) in [5, 5.41) is 6.97. The van der Waals surface area contributed by atoms with Gasteiger partial charge in [0.2, 0.25) is 5.91 Å². The molecule has 2 aromatic carbocycles. The lowest BCUT2D eigenvalue weighted by Gasteiger charge is -2.37. The molecule has 2 unspecified atom stereocenters. The van der Waals surface area contributed by atoms with Gasteiger partial charge in [0.1, 0.15) is 11.1 Å². The van der Waals surface area contributed by atoms with Crippen molar-refractivity contribution < 1.29 is 22.8 Å². The van der Waals surface area contributed by atoms with Crippen LogP contribution in [0.2, 0.25) is 0 Å². The number of para-hydroxylation sites is 1. The van der Waals surface area contributed by atoms with E-state index in [0.29, 0.717) is 18.5 Å². The Hall–Kier alpha value is -3.16. The van der Waals surface area contributed by atoms with Crippen LogP contribution in [-0.4, -0.2) is 17.4 Å². The maximum absolute atomic E-state index is 13.6. The highest BCUT2D eigenvalue weighted by atomic mass is 19.4. The van der Waals surface area contributed by atoms with Crippen molar-refractivity contribution in [3.05, 3.63) is 60.2 Å². The molecule has 2 aromatic rings. The number of fused-ring (bicyclic) bond motifs is 2. The zero-order valence-corrected chi connectivity index (χ0v) is 18.0. The van der Waals surface area contributed by atoms with E-state index in [1.807, 2.05) is 51.1 Å². The Balaban J connectivity index is 1.68. The van der Waals surface area contributed by atoms with Crippen molar-refractivity contribution >= 4 is 28.8 Å². The number of ketones is 1. The van der Waals surface area contributed by atoms with E-state index in [0.717, 1.165) is 12.1 Å². The summed E-state index contributed by atoms with van der Waals surface area (Å²) in [6, 6.07) is 13.6. The second-order valence-corrected chi connectivity index (χ2v) is 9.16. The van der Waals surface area contributed by atoms with Crippen LogP contribution in [0.15, 0.2) is 59.7 Å². The minimum Gasteiger partial charge on any atom is -0.325 e. The van der Waals surface area contributed by atoms with E-state index in [1.165, 1.54) is 12.1 Å². The smallest absolute Gasteiger partial charge is 0.325 e. The number of halogens is 3. The molecule has 0 spiro atoms. The molecular formula is C24H24F3N3O2. The SMILES string of the molecule is CC12CCC(C(=O)Nc3cccc(C(F)(F)F)c3)(C(=O)C1=NNc1ccccc1)C2(C)C. The molecule has 2 atom stereocenters. The van der Waals surface area contributed by atoms with E-state index in [4.69, 9.17) is 0 Å². The molecule has 0 aromatic heterocycles. The number of hydrazone groups is 1. The van der Waals surface area contributed by atoms with Gasteiger partial charge in [-0.1, -0.05) is 45.0 Å². The quantitative estimate of drug-likeness (QED) is 0.484. The number of hydrogen-bond donors (Lipinski definition) is 2. The monoisotopic (exact) mass is 443 g/mol. The van der Waals surface area contributed by atoms with Gasteiger partial charge in [0, 0.05) is 11.1 Å². The third-order valence-corrected chi connectivity index (χ3v) is 7.48. The number of carbonyl (C=O) groups excluding carboxylic acids is 2. The van der Waals surface area contributed by atoms with Crippen molar-refractivity contribution in [2.24, 2.45) is 21.3 Å². The van der Waals surface area contributed by atoms with Crippen molar-refractivity contribution in [2.45, 2.75) is 39.8 Å². The molecule has 2 aliphatic carbocycles. The molecule has 2 bridgehead atoms. The molecular weight excluding hydrogens is 419 g/mol. The van der Waals surface area contributed by atoms with Crippen molar-refractivity contribution in [1.29, 1.82) is 0 Å². The Morgan fingerprint density at radius 3 is 2.28 bits per heavy atom. The summed E-state index contributed by atoms with van der Waals surface area (Å²) in [5.74, 6) is -0.982. The van der Waals surface area contributed by atoms with Crippen LogP contribution in [0.25, 0.3) is 0 Å². The number of benzene rings is 2. The van der Waals surface area contributed by atoms with Crippen molar-refractivity contribution in [3.8, 4) is 0 Å². The molecule has 0 saturated heterocycles. The molecule has 1 amide bonds. The first-order valence-electron chi connectivity index (χ1n) is 10.4. The van der Waals surface area contributed by atoms with E-state index in [1.54, 1.807) is 0 Å². The van der Waals surface area contributed by atoms with E-state index in [2.05, 4.69) is 15.8 Å². The zero-order valence-electron chi connectivity index (χ0n) is 18.0. The van der Waals surface area contributed by atoms with Crippen LogP contribution in [0.1, 0.15) is 39.2 Å². The third kappa shape index (κ3) is 3.04. The highest BCUT2D eigenvalue weighted by molar-refractivity contribution is 6.51. The van der Waals surface area contributed by atoms with Gasteiger partial charge in [-0.2, -0.15) is 18.3 Å². The summed E-state index contributed by atoms with van der Waals surface area (Å²) in [7, 11) is 0. The van der Waals surface area contributed by atoms with Gasteiger partial charge in [-0.3, -0.25) is 15.0 Å². The molecule has 0 aliphatic heterocycles. The molecule has 8 heteroatoms. The first-order valence-corrected chi connectivity index (χ1v) is 10.4. The number of alkyl halides is 3. The average molecular weight is 443 g/mol. The Morgan fingerprint density at radius 1 is 0.969 bits per heavy atom. The molecule has 4 rings (SSSR count). The van der Waals surface area contributed by atoms with Gasteiger partial charge in [0.15, 0.2) is 5.78 Å². The predicted octanol–water partition coefficient (Wildman–Crippen LogP) is 5.51. The van der Waals surface area contributed by atoms with E-state index in [-0.39, 0.29) is 17.2 Å². The number of nitrogens with one attached hydrogen (secondary N) is 2. The van der Waals surface area contributed by atoms with E-state index < -0.39 is 33.9 Å². The van der Waals surface area contributed by atoms with Crippen LogP contribution < -0.4 is 10.7 Å². The largest absolute Gasteiger partial charge is 0.416 e. The Bertz CT molecular complexity index is 1110. The molecule has 2 aliphatic rings. The number of hydrogen-bond acceptors (Lipinski definition) is 4. The van der Waals surface area contributed by atoms with Crippen molar-refractivity contribution in [3.63, 3.8) is 0 Å². The van der Waals surface area contributed by atoms with Crippen LogP contribution >= 0.6 is 0 Å². The van der Waals surface area contributed by atoms with Gasteiger partial charge >= 0.3 is 6.18 Å². The fraction of sp³-hybridized carbons (Fsp3) is 0.375. The number of amides is 1. The number of rotatable bonds is 4. The maximum atomic E-state index is 13.6. The van der Waals surface area contributed by atoms with Gasteiger partial charge in [-0.05, 0) is 48.6 Å². The van der Waals surface area contributed by atoms with Crippen LogP contribution in [-0.2, 0) is 15.8 Å². The van der Waals surface area contributed by atoms with Crippen LogP contribution in [0.3, 0.4) is 0 Å². The summed E-state index contributed by atoms with van der Waals surface area (Å²) >= 11 is 0. The summed E-state index contributed by atoms with van der Waals surface area (Å²) in [6.07, 6.45) is -3.65. The molecule has 32 heavy (non-hydrogen) atoms. The van der Waals surface area contributed by atoms with Gasteiger partial charge < -0.3 is 5.32 Å². The van der Waals surface area contributed by atoms with E-state index >= 15 is 0 Å². The lowest BCUT2D eigenvalue weighted by molar-refractivity contribution is -0.140. The minimum absolute atomic E-state index is 0.00389. The Morgan fingerprint density at radius 2 is 1.62 bits per heavy atom. The first kappa shape index (κ1) is 22.0. The van der Waals surface area contributed by atoms with Crippen molar-refractivity contribution in [1.82, 2.24) is 0 Å². The molecule has 0 heterocycles. The van der Waals surface area contributed by atoms with Crippen LogP contribution in [0, 0.1) is 16.2 Å². The Kier molecular flexibility index (Phi) is 4.95. The summed E-state index contributed by atoms with van der Waals surface area (Å²) < 4.78 is 39.2. The molecule has 5 nitrogen and oxygen atoms in total. The van der Waals surface area contributed by atoms with Gasteiger partial charge in [0.25, 0.3) is 0 Å². The fourth-order valence-electron chi connectivity index (χ4n) is 5.12. The topological polar surface area (TPSA) is 70.6 Å². The van der Waals surface area contributed by atoms with Crippen LogP contribution in [0.5, 0.6) is 0 Å². The second kappa shape index (κ2) is 7.18. The van der Waals surface area contributed by atoms with Gasteiger partial charge in [0.05, 0.1) is 11.3 Å². The molecule has 2 saturated carbocycles. The minimum atomic E-state index is -4.53. The number of nitrogens with zero attached hydrogens (tertiary/aromatic N) is 1. The van der Waals surface area contributed by atoms with Crippen LogP contribution in [0.4, 0.5) is 24.5 Å². The standard InChI is InChI=1S/C24H24F3N3O2/c1-21(2)22(3)12-13-23(21,19(31)18(22)30-29-16-9-5-4-6-10-16)20(32)28-17-11-7-8-15(14-17)24(25,26)27/h4-11,14,29H,12-13H2,1-3H3,(H,28,32). The lowest BCUT2D eigenvalue weighted by Crippen LogP contribution is -2.47. The number of Topliss-reactive ketones (excluding diaryl/α,β-unsaturated/α-hetero) is 1. The molecule has 0 radical (unpaired) electrons. The number of anilines is 2. The third-order valence-electron chi connectivity index (χ3n) is 7.48. The number of carbonyl (C=O) groups is 2. The second-order valence-electron chi connectivity index (χ2n) is 9.16. The molecule has 2 N–H and O–H groups in total. The Labute approximate surface area is 184 Å². The fourth-order valence-corrected chi connectivity index (χ4v) is 5.12. The average Bonchev–Trinajstić information content (AvgIpc) is 3.02. The maximum Gasteiger partial charge on any atom is 0.416 e. The lowest BCUT2D eigenvalue weighted by atomic mass is 9.64. The molecule has 2 fully saturated rings. The summed E-state index contributed by atoms with van der Waals surface area (Å²) in [4.78, 5) is 27.0. The highest BCUT2D eigenvalue weighted by Crippen LogP contribution is 2.69. The normalized spacial score (nSPS) is 27.6. The summed E-state index contributed by atoms with van der Waals surface area (Å²) in [5.41, 5.74) is 0.197. The van der Waals surface area contributed by atoms with E-state index in [9.17, 15) is 22.8 Å². The predicted molar refractivity (Wildman–Crippen MR) is 116 cm³/mol. The summed E-state index contributed by atoms with van der Waals surface area (Å²) in [6.45, 7) is 5.63. The highest BCUT2D eigenvalue weighted by Gasteiger charge is 2.76. The van der Waals surface area contributed by atoms with Gasteiger partial charge in [-0.25, -0.2) is 0 Å². The zero-order chi connectivity index (χ0) is 23.4. The van der Waals surface area contributed by atoms with Gasteiger partial charge in [-0.15, -0.1) is 0 Å². The first-order chi connectivity index (χ1) is 14.9.